The average Bonchev–Trinajstić information content (AvgIpc) is 3.07. The highest BCUT2D eigenvalue weighted by Crippen LogP contribution is 2.51. The van der Waals surface area contributed by atoms with Gasteiger partial charge in [-0.15, -0.1) is 0 Å². The lowest BCUT2D eigenvalue weighted by atomic mass is 9.90. The third-order valence-electron chi connectivity index (χ3n) is 5.33. The van der Waals surface area contributed by atoms with Crippen LogP contribution in [0.5, 0.6) is 0 Å². The molecule has 0 spiro atoms. The van der Waals surface area contributed by atoms with Gasteiger partial charge >= 0.3 is 0 Å². The van der Waals surface area contributed by atoms with E-state index in [1.807, 2.05) is 56.3 Å². The van der Waals surface area contributed by atoms with Crippen molar-refractivity contribution in [3.63, 3.8) is 0 Å². The summed E-state index contributed by atoms with van der Waals surface area (Å²) in [5.41, 5.74) is 1.14. The summed E-state index contributed by atoms with van der Waals surface area (Å²) in [5.74, 6) is 0.620. The maximum absolute atomic E-state index is 13.0. The topological polar surface area (TPSA) is 60.2 Å². The van der Waals surface area contributed by atoms with Crippen LogP contribution in [0.4, 0.5) is 0 Å². The lowest BCUT2D eigenvalue weighted by Crippen LogP contribution is -2.51. The van der Waals surface area contributed by atoms with Gasteiger partial charge in [0.05, 0.1) is 0 Å². The Hall–Kier alpha value is -1.49. The lowest BCUT2D eigenvalue weighted by molar-refractivity contribution is -0.531. The number of nitro groups is 1. The van der Waals surface area contributed by atoms with Crippen molar-refractivity contribution < 1.29 is 9.13 Å². The molecule has 118 valence electrons. The molecule has 0 radical (unpaired) electrons. The van der Waals surface area contributed by atoms with Crippen molar-refractivity contribution in [1.29, 1.82) is 0 Å². The lowest BCUT2D eigenvalue weighted by Gasteiger charge is -2.33. The maximum Gasteiger partial charge on any atom is 0.236 e. The van der Waals surface area contributed by atoms with E-state index in [0.29, 0.717) is 5.75 Å². The smallest absolute Gasteiger partial charge is 0.236 e. The van der Waals surface area contributed by atoms with E-state index < -0.39 is 21.6 Å². The molecule has 22 heavy (non-hydrogen) atoms. The quantitative estimate of drug-likeness (QED) is 0.476. The van der Waals surface area contributed by atoms with Gasteiger partial charge in [0.1, 0.15) is 4.75 Å². The van der Waals surface area contributed by atoms with Crippen LogP contribution in [-0.2, 0) is 10.8 Å². The second-order valence-corrected chi connectivity index (χ2v) is 8.53. The van der Waals surface area contributed by atoms with Gasteiger partial charge in [-0.25, -0.2) is 0 Å². The number of hydrogen-bond acceptors (Lipinski definition) is 3. The first-order valence-electron chi connectivity index (χ1n) is 7.69. The Morgan fingerprint density at radius 3 is 2.68 bits per heavy atom. The zero-order valence-corrected chi connectivity index (χ0v) is 13.7. The van der Waals surface area contributed by atoms with E-state index in [-0.39, 0.29) is 22.7 Å². The Bertz CT molecular complexity index is 630. The summed E-state index contributed by atoms with van der Waals surface area (Å²) in [6, 6.07) is 9.22. The molecule has 3 rings (SSSR count). The van der Waals surface area contributed by atoms with Gasteiger partial charge in [-0.3, -0.25) is 14.3 Å². The van der Waals surface area contributed by atoms with Crippen LogP contribution in [0.25, 0.3) is 0 Å². The van der Waals surface area contributed by atoms with Crippen LogP contribution in [0.15, 0.2) is 42.5 Å². The first kappa shape index (κ1) is 15.4. The highest BCUT2D eigenvalue weighted by molar-refractivity contribution is 7.86. The normalized spacial score (nSPS) is 35.5. The molecular formula is C17H21NO3S. The van der Waals surface area contributed by atoms with Crippen LogP contribution >= 0.6 is 0 Å². The minimum atomic E-state index is -1.23. The number of rotatable bonds is 5. The Balaban J connectivity index is 1.82. The predicted octanol–water partition coefficient (Wildman–Crippen LogP) is 3.15. The third-order valence-corrected chi connectivity index (χ3v) is 7.66. The summed E-state index contributed by atoms with van der Waals surface area (Å²) < 4.78 is 12.3. The number of benzene rings is 1. The first-order chi connectivity index (χ1) is 10.4. The molecule has 0 amide bonds. The van der Waals surface area contributed by atoms with Crippen molar-refractivity contribution in [2.45, 2.75) is 37.0 Å². The first-order valence-corrected chi connectivity index (χ1v) is 9.01. The predicted molar refractivity (Wildman–Crippen MR) is 87.8 cm³/mol. The van der Waals surface area contributed by atoms with Gasteiger partial charge in [0, 0.05) is 33.3 Å². The van der Waals surface area contributed by atoms with Crippen LogP contribution < -0.4 is 0 Å². The molecule has 1 fully saturated rings. The van der Waals surface area contributed by atoms with Gasteiger partial charge in [-0.2, -0.15) is 0 Å². The largest absolute Gasteiger partial charge is 0.264 e. The Kier molecular flexibility index (Phi) is 3.93. The van der Waals surface area contributed by atoms with E-state index in [1.54, 1.807) is 0 Å². The van der Waals surface area contributed by atoms with Gasteiger partial charge in [0.15, 0.2) is 0 Å². The van der Waals surface area contributed by atoms with Gasteiger partial charge in [-0.1, -0.05) is 49.4 Å². The second-order valence-electron chi connectivity index (χ2n) is 6.63. The molecule has 4 nitrogen and oxygen atoms in total. The van der Waals surface area contributed by atoms with E-state index in [2.05, 4.69) is 0 Å². The molecule has 2 bridgehead atoms. The molecule has 0 unspecified atom stereocenters. The molecule has 0 N–H and O–H groups in total. The molecule has 1 aromatic rings. The summed E-state index contributed by atoms with van der Waals surface area (Å²) in [5, 5.41) is 11.5. The van der Waals surface area contributed by atoms with E-state index in [4.69, 9.17) is 0 Å². The molecule has 0 saturated heterocycles. The van der Waals surface area contributed by atoms with Gasteiger partial charge < -0.3 is 0 Å². The monoisotopic (exact) mass is 319 g/mol. The van der Waals surface area contributed by atoms with Crippen molar-refractivity contribution in [1.82, 2.24) is 0 Å². The van der Waals surface area contributed by atoms with Crippen molar-refractivity contribution in [2.75, 3.05) is 5.75 Å². The Labute approximate surface area is 133 Å². The number of nitrogens with zero attached hydrogens (tertiary/aromatic N) is 1. The molecule has 1 aromatic carbocycles. The highest BCUT2D eigenvalue weighted by Gasteiger charge is 2.63. The van der Waals surface area contributed by atoms with Crippen molar-refractivity contribution in [3.8, 4) is 0 Å². The summed E-state index contributed by atoms with van der Waals surface area (Å²) >= 11 is 0. The standard InChI is InChI=1S/C17H21NO3S/c1-12(13-6-4-3-5-7-13)11-22(21)17(2)15-9-8-14(10-15)16(17)18(19)20/h3-9,12,14-16H,10-11H2,1-2H3/t12-,14-,15+,16-,17+,22+/m1/s1. The molecule has 0 aromatic heterocycles. The molecule has 2 aliphatic carbocycles. The molecule has 1 saturated carbocycles. The molecule has 5 heteroatoms. The zero-order valence-electron chi connectivity index (χ0n) is 12.8. The van der Waals surface area contributed by atoms with Crippen LogP contribution in [0.1, 0.15) is 31.7 Å². The van der Waals surface area contributed by atoms with E-state index in [9.17, 15) is 14.3 Å². The molecule has 6 atom stereocenters. The van der Waals surface area contributed by atoms with Crippen molar-refractivity contribution in [2.24, 2.45) is 11.8 Å². The maximum atomic E-state index is 13.0. The minimum Gasteiger partial charge on any atom is -0.264 e. The van der Waals surface area contributed by atoms with Gasteiger partial charge in [0.25, 0.3) is 0 Å². The zero-order chi connectivity index (χ0) is 15.9. The third kappa shape index (κ3) is 2.32. The molecule has 0 aliphatic heterocycles. The van der Waals surface area contributed by atoms with Gasteiger partial charge in [0.2, 0.25) is 6.04 Å². The van der Waals surface area contributed by atoms with Crippen LogP contribution in [0, 0.1) is 22.0 Å². The van der Waals surface area contributed by atoms with Crippen LogP contribution in [0.2, 0.25) is 0 Å². The van der Waals surface area contributed by atoms with E-state index in [1.165, 1.54) is 0 Å². The number of hydrogen-bond donors (Lipinski definition) is 0. The van der Waals surface area contributed by atoms with E-state index >= 15 is 0 Å². The van der Waals surface area contributed by atoms with E-state index in [0.717, 1.165) is 12.0 Å². The molecular weight excluding hydrogens is 298 g/mol. The minimum absolute atomic E-state index is 0.0546. The fourth-order valence-corrected chi connectivity index (χ4v) is 6.03. The van der Waals surface area contributed by atoms with Crippen LogP contribution in [-0.4, -0.2) is 25.7 Å². The van der Waals surface area contributed by atoms with Crippen molar-refractivity contribution in [3.05, 3.63) is 58.2 Å². The number of fused-ring (bicyclic) bond motifs is 2. The molecule has 0 heterocycles. The van der Waals surface area contributed by atoms with Crippen molar-refractivity contribution >= 4 is 10.8 Å². The van der Waals surface area contributed by atoms with Crippen LogP contribution in [0.3, 0.4) is 0 Å². The fourth-order valence-electron chi connectivity index (χ4n) is 3.98. The number of allylic oxidation sites excluding steroid dienone is 1. The second kappa shape index (κ2) is 5.61. The van der Waals surface area contributed by atoms with Gasteiger partial charge in [-0.05, 0) is 24.8 Å². The summed E-state index contributed by atoms with van der Waals surface area (Å²) in [7, 11) is -1.23. The SMILES string of the molecule is C[C@H](C[S@](=O)[C@@]1(C)[C@H]2C=C[C@H](C2)[C@H]1[N+](=O)[O-])c1ccccc1. The fraction of sp³-hybridized carbons (Fsp3) is 0.529. The molecule has 2 aliphatic rings. The summed E-state index contributed by atoms with van der Waals surface area (Å²) in [6.07, 6.45) is 4.75. The average molecular weight is 319 g/mol. The summed E-state index contributed by atoms with van der Waals surface area (Å²) in [6.45, 7) is 3.89. The Morgan fingerprint density at radius 1 is 1.36 bits per heavy atom. The Morgan fingerprint density at radius 2 is 2.05 bits per heavy atom. The highest BCUT2D eigenvalue weighted by atomic mass is 32.2. The summed E-state index contributed by atoms with van der Waals surface area (Å²) in [4.78, 5) is 11.3.